The summed E-state index contributed by atoms with van der Waals surface area (Å²) in [7, 11) is 1.58. The van der Waals surface area contributed by atoms with Gasteiger partial charge in [-0.25, -0.2) is 27.5 Å². The van der Waals surface area contributed by atoms with Crippen LogP contribution in [0.4, 0.5) is 29.1 Å². The molecular weight excluding hydrogens is 630 g/mol. The first kappa shape index (κ1) is 32.0. The van der Waals surface area contributed by atoms with Gasteiger partial charge in [0, 0.05) is 72.5 Å². The number of nitrogens with two attached hydrogens (primary N) is 1. The molecule has 0 saturated carbocycles. The SMILES string of the molecule is C#Cc1c(F)ccc2cc(C(F)F)cc(-c3c(N)c(C=NC)c4c(N5CC6CCC(C5)N6)nc(CCC56CCCN5CCC6)nc4c3F)c12. The van der Waals surface area contributed by atoms with E-state index in [2.05, 4.69) is 26.0 Å². The minimum absolute atomic E-state index is 0.0173. The van der Waals surface area contributed by atoms with Gasteiger partial charge in [-0.15, -0.1) is 6.42 Å². The highest BCUT2D eigenvalue weighted by molar-refractivity contribution is 6.15. The summed E-state index contributed by atoms with van der Waals surface area (Å²) in [6.45, 7) is 3.57. The summed E-state index contributed by atoms with van der Waals surface area (Å²) < 4.78 is 61.2. The molecule has 1 aromatic heterocycles. The molecule has 4 aliphatic heterocycles. The molecule has 3 N–H and O–H groups in total. The maximum absolute atomic E-state index is 17.5. The van der Waals surface area contributed by atoms with Crippen LogP contribution in [0.5, 0.6) is 0 Å². The van der Waals surface area contributed by atoms with Gasteiger partial charge in [0.2, 0.25) is 0 Å². The number of terminal acetylenes is 1. The number of nitrogens with one attached hydrogen (secondary N) is 1. The minimum Gasteiger partial charge on any atom is -0.398 e. The fourth-order valence-corrected chi connectivity index (χ4v) is 9.15. The standard InChI is InChI=1S/C38H39F4N7/c1-3-25-28(39)9-6-21-16-22(36(41)42)17-26(30(21)25)31-33(40)35-32(27(18-44-2)34(31)43)37(48-19-23-7-8-24(20-48)45-23)47-29(46-35)10-13-38-11-4-14-49(38)15-5-12-38/h1,6,9,16-18,23-24,36,45H,4-5,7-8,10-15,19-20,43H2,2H3. The van der Waals surface area contributed by atoms with Gasteiger partial charge in [0.15, 0.2) is 5.82 Å². The molecule has 4 saturated heterocycles. The monoisotopic (exact) mass is 669 g/mol. The molecule has 0 amide bonds. The summed E-state index contributed by atoms with van der Waals surface area (Å²) in [5, 5.41) is 4.46. The van der Waals surface area contributed by atoms with E-state index in [1.807, 2.05) is 0 Å². The molecular formula is C38H39F4N7. The molecule has 4 aromatic rings. The van der Waals surface area contributed by atoms with Gasteiger partial charge in [-0.2, -0.15) is 0 Å². The highest BCUT2D eigenvalue weighted by atomic mass is 19.3. The molecule has 0 aliphatic carbocycles. The van der Waals surface area contributed by atoms with Gasteiger partial charge < -0.3 is 16.0 Å². The molecule has 5 heterocycles. The molecule has 4 aliphatic rings. The molecule has 0 spiro atoms. The van der Waals surface area contributed by atoms with Crippen molar-refractivity contribution in [1.82, 2.24) is 20.2 Å². The maximum Gasteiger partial charge on any atom is 0.263 e. The van der Waals surface area contributed by atoms with Gasteiger partial charge in [-0.1, -0.05) is 12.0 Å². The predicted molar refractivity (Wildman–Crippen MR) is 186 cm³/mol. The summed E-state index contributed by atoms with van der Waals surface area (Å²) in [6, 6.07) is 5.47. The van der Waals surface area contributed by atoms with Gasteiger partial charge in [0.1, 0.15) is 23.0 Å². The fraction of sp³-hybridized carbons (Fsp3) is 0.447. The van der Waals surface area contributed by atoms with Gasteiger partial charge >= 0.3 is 0 Å². The number of benzene rings is 3. The number of anilines is 2. The van der Waals surface area contributed by atoms with Crippen molar-refractivity contribution in [3.05, 3.63) is 58.4 Å². The van der Waals surface area contributed by atoms with Gasteiger partial charge in [0.05, 0.1) is 16.6 Å². The first-order valence-corrected chi connectivity index (χ1v) is 17.2. The lowest BCUT2D eigenvalue weighted by molar-refractivity contribution is 0.151. The van der Waals surface area contributed by atoms with Crippen molar-refractivity contribution in [3.63, 3.8) is 0 Å². The number of nitrogens with zero attached hydrogens (tertiary/aromatic N) is 5. The van der Waals surface area contributed by atoms with E-state index in [9.17, 15) is 8.78 Å². The van der Waals surface area contributed by atoms with Crippen molar-refractivity contribution in [2.75, 3.05) is 43.9 Å². The van der Waals surface area contributed by atoms with Crippen LogP contribution in [0.25, 0.3) is 32.8 Å². The lowest BCUT2D eigenvalue weighted by atomic mass is 9.88. The number of aryl methyl sites for hydroxylation is 1. The van der Waals surface area contributed by atoms with Crippen LogP contribution in [0.2, 0.25) is 0 Å². The van der Waals surface area contributed by atoms with Crippen LogP contribution in [0.3, 0.4) is 0 Å². The maximum atomic E-state index is 17.5. The smallest absolute Gasteiger partial charge is 0.263 e. The zero-order valence-electron chi connectivity index (χ0n) is 27.5. The van der Waals surface area contributed by atoms with Crippen LogP contribution in [-0.2, 0) is 6.42 Å². The number of aromatic nitrogens is 2. The Balaban J connectivity index is 1.39. The molecule has 3 aromatic carbocycles. The molecule has 2 bridgehead atoms. The van der Waals surface area contributed by atoms with Crippen molar-refractivity contribution < 1.29 is 17.6 Å². The van der Waals surface area contributed by atoms with Crippen LogP contribution in [0.1, 0.15) is 73.9 Å². The molecule has 49 heavy (non-hydrogen) atoms. The van der Waals surface area contributed by atoms with E-state index < -0.39 is 18.1 Å². The summed E-state index contributed by atoms with van der Waals surface area (Å²) in [5.41, 5.74) is 6.66. The number of aliphatic imine (C=N–C) groups is 1. The molecule has 2 unspecified atom stereocenters. The Labute approximate surface area is 283 Å². The van der Waals surface area contributed by atoms with Gasteiger partial charge in [0.25, 0.3) is 6.43 Å². The van der Waals surface area contributed by atoms with Crippen molar-refractivity contribution in [2.45, 2.75) is 75.4 Å². The lowest BCUT2D eigenvalue weighted by Crippen LogP contribution is -2.51. The van der Waals surface area contributed by atoms with Crippen molar-refractivity contribution in [2.24, 2.45) is 4.99 Å². The number of hydrogen-bond donors (Lipinski definition) is 2. The Morgan fingerprint density at radius 1 is 1.10 bits per heavy atom. The van der Waals surface area contributed by atoms with Crippen LogP contribution >= 0.6 is 0 Å². The van der Waals surface area contributed by atoms with Crippen LogP contribution < -0.4 is 16.0 Å². The largest absolute Gasteiger partial charge is 0.398 e. The second kappa shape index (κ2) is 12.3. The number of halogens is 4. The van der Waals surface area contributed by atoms with Crippen LogP contribution in [0.15, 0.2) is 29.3 Å². The van der Waals surface area contributed by atoms with Crippen molar-refractivity contribution in [1.29, 1.82) is 0 Å². The molecule has 11 heteroatoms. The number of rotatable bonds is 7. The van der Waals surface area contributed by atoms with Gasteiger partial charge in [-0.05, 0) is 87.2 Å². The van der Waals surface area contributed by atoms with E-state index in [0.29, 0.717) is 42.1 Å². The molecule has 2 atom stereocenters. The zero-order chi connectivity index (χ0) is 34.0. The van der Waals surface area contributed by atoms with Crippen LogP contribution in [-0.4, -0.2) is 71.9 Å². The average molecular weight is 670 g/mol. The number of piperazine rings is 1. The molecule has 0 radical (unpaired) electrons. The highest BCUT2D eigenvalue weighted by Crippen LogP contribution is 2.46. The summed E-state index contributed by atoms with van der Waals surface area (Å²) >= 11 is 0. The van der Waals surface area contributed by atoms with E-state index in [1.54, 1.807) is 13.3 Å². The third-order valence-electron chi connectivity index (χ3n) is 11.3. The van der Waals surface area contributed by atoms with Crippen LogP contribution in [0, 0.1) is 24.0 Å². The molecule has 4 fully saturated rings. The zero-order valence-corrected chi connectivity index (χ0v) is 27.5. The molecule has 7 nitrogen and oxygen atoms in total. The Morgan fingerprint density at radius 3 is 2.51 bits per heavy atom. The first-order chi connectivity index (χ1) is 23.7. The number of hydrogen-bond acceptors (Lipinski definition) is 7. The summed E-state index contributed by atoms with van der Waals surface area (Å²) in [5.74, 6) is 1.97. The van der Waals surface area contributed by atoms with Crippen molar-refractivity contribution >= 4 is 39.4 Å². The lowest BCUT2D eigenvalue weighted by Gasteiger charge is -2.35. The number of alkyl halides is 2. The van der Waals surface area contributed by atoms with E-state index >= 15 is 8.78 Å². The van der Waals surface area contributed by atoms with E-state index in [-0.39, 0.29) is 61.9 Å². The topological polar surface area (TPSA) is 82.7 Å². The Kier molecular flexibility index (Phi) is 7.99. The molecule has 8 rings (SSSR count). The Morgan fingerprint density at radius 2 is 1.84 bits per heavy atom. The highest BCUT2D eigenvalue weighted by Gasteiger charge is 2.44. The third kappa shape index (κ3) is 5.22. The number of nitrogen functional groups attached to an aromatic ring is 1. The second-order valence-corrected chi connectivity index (χ2v) is 14.1. The van der Waals surface area contributed by atoms with Gasteiger partial charge in [-0.3, -0.25) is 9.89 Å². The van der Waals surface area contributed by atoms with E-state index in [4.69, 9.17) is 22.1 Å². The normalized spacial score (nSPS) is 21.9. The van der Waals surface area contributed by atoms with E-state index in [0.717, 1.165) is 70.2 Å². The quantitative estimate of drug-likeness (QED) is 0.0978. The van der Waals surface area contributed by atoms with Crippen molar-refractivity contribution in [3.8, 4) is 23.5 Å². The Bertz CT molecular complexity index is 2030. The summed E-state index contributed by atoms with van der Waals surface area (Å²) in [6.07, 6.45) is 12.5. The average Bonchev–Trinajstić information content (AvgIpc) is 3.78. The molecule has 254 valence electrons. The Hall–Kier alpha value is -4.27. The summed E-state index contributed by atoms with van der Waals surface area (Å²) in [4.78, 5) is 19.1. The predicted octanol–water partition coefficient (Wildman–Crippen LogP) is 6.78. The first-order valence-electron chi connectivity index (χ1n) is 17.2. The minimum atomic E-state index is -2.88. The number of fused-ring (bicyclic) bond motifs is 5. The third-order valence-corrected chi connectivity index (χ3v) is 11.3. The second-order valence-electron chi connectivity index (χ2n) is 14.1. The van der Waals surface area contributed by atoms with E-state index in [1.165, 1.54) is 12.1 Å². The fourth-order valence-electron chi connectivity index (χ4n) is 9.15.